The van der Waals surface area contributed by atoms with Crippen molar-refractivity contribution in [1.29, 1.82) is 0 Å². The van der Waals surface area contributed by atoms with Crippen LogP contribution in [0.25, 0.3) is 0 Å². The van der Waals surface area contributed by atoms with E-state index in [1.54, 1.807) is 0 Å². The molecule has 1 aromatic carbocycles. The minimum atomic E-state index is 0.107. The molecule has 0 saturated heterocycles. The molecule has 0 atom stereocenters. The lowest BCUT2D eigenvalue weighted by Gasteiger charge is -2.15. The van der Waals surface area contributed by atoms with Crippen LogP contribution in [0.1, 0.15) is 64.5 Å². The summed E-state index contributed by atoms with van der Waals surface area (Å²) in [5.41, 5.74) is 7.68. The van der Waals surface area contributed by atoms with Crippen LogP contribution >= 0.6 is 23.5 Å². The largest absolute Gasteiger partial charge is 0.492 e. The van der Waals surface area contributed by atoms with Crippen LogP contribution in [0.5, 0.6) is 5.75 Å². The SMILES string of the molecule is CCC(CC)C(=O)SCc1ccc(OCCN)cc1CSC(=O)C(CC)CC. The highest BCUT2D eigenvalue weighted by Gasteiger charge is 2.18. The first-order valence-electron chi connectivity index (χ1n) is 10.3. The maximum Gasteiger partial charge on any atom is 0.192 e. The fourth-order valence-corrected chi connectivity index (χ4v) is 5.21. The molecule has 1 rings (SSSR count). The van der Waals surface area contributed by atoms with Gasteiger partial charge in [0.25, 0.3) is 0 Å². The minimum Gasteiger partial charge on any atom is -0.492 e. The molecule has 0 radical (unpaired) electrons. The highest BCUT2D eigenvalue weighted by molar-refractivity contribution is 8.13. The number of carbonyl (C=O) groups excluding carboxylic acids is 2. The summed E-state index contributed by atoms with van der Waals surface area (Å²) >= 11 is 2.75. The normalized spacial score (nSPS) is 11.2. The van der Waals surface area contributed by atoms with E-state index in [2.05, 4.69) is 27.7 Å². The van der Waals surface area contributed by atoms with Crippen molar-refractivity contribution >= 4 is 33.8 Å². The van der Waals surface area contributed by atoms with Crippen molar-refractivity contribution in [2.24, 2.45) is 17.6 Å². The fourth-order valence-electron chi connectivity index (χ4n) is 2.92. The number of thioether (sulfide) groups is 2. The van der Waals surface area contributed by atoms with E-state index in [9.17, 15) is 9.59 Å². The molecule has 158 valence electrons. The molecule has 6 heteroatoms. The summed E-state index contributed by atoms with van der Waals surface area (Å²) in [5, 5.41) is 0.491. The fraction of sp³-hybridized carbons (Fsp3) is 0.636. The molecule has 1 aromatic rings. The van der Waals surface area contributed by atoms with Crippen molar-refractivity contribution in [2.75, 3.05) is 13.2 Å². The van der Waals surface area contributed by atoms with Crippen LogP contribution in [0.4, 0.5) is 0 Å². The summed E-state index contributed by atoms with van der Waals surface area (Å²) in [5.74, 6) is 2.21. The third kappa shape index (κ3) is 8.18. The van der Waals surface area contributed by atoms with Crippen molar-refractivity contribution in [1.82, 2.24) is 0 Å². The first-order valence-corrected chi connectivity index (χ1v) is 12.3. The van der Waals surface area contributed by atoms with Gasteiger partial charge in [0, 0.05) is 29.9 Å². The van der Waals surface area contributed by atoms with Gasteiger partial charge in [0.2, 0.25) is 0 Å². The lowest BCUT2D eigenvalue weighted by atomic mass is 10.1. The Morgan fingerprint density at radius 2 is 1.39 bits per heavy atom. The smallest absolute Gasteiger partial charge is 0.192 e. The second kappa shape index (κ2) is 14.1. The number of ether oxygens (including phenoxy) is 1. The van der Waals surface area contributed by atoms with E-state index in [-0.39, 0.29) is 22.1 Å². The highest BCUT2D eigenvalue weighted by atomic mass is 32.2. The summed E-state index contributed by atoms with van der Waals surface area (Å²) in [7, 11) is 0. The molecule has 0 amide bonds. The molecular formula is C22H35NO3S2. The summed E-state index contributed by atoms with van der Waals surface area (Å²) < 4.78 is 5.65. The monoisotopic (exact) mass is 425 g/mol. The predicted molar refractivity (Wildman–Crippen MR) is 122 cm³/mol. The number of hydrogen-bond donors (Lipinski definition) is 1. The number of hydrogen-bond acceptors (Lipinski definition) is 6. The maximum atomic E-state index is 12.4. The van der Waals surface area contributed by atoms with Crippen LogP contribution in [-0.4, -0.2) is 23.4 Å². The van der Waals surface area contributed by atoms with Crippen LogP contribution in [0, 0.1) is 11.8 Å². The molecule has 28 heavy (non-hydrogen) atoms. The van der Waals surface area contributed by atoms with Gasteiger partial charge >= 0.3 is 0 Å². The van der Waals surface area contributed by atoms with Gasteiger partial charge in [0.05, 0.1) is 0 Å². The molecule has 0 aliphatic heterocycles. The molecule has 0 unspecified atom stereocenters. The zero-order chi connectivity index (χ0) is 20.9. The molecular weight excluding hydrogens is 390 g/mol. The second-order valence-electron chi connectivity index (χ2n) is 6.81. The first-order chi connectivity index (χ1) is 13.5. The Balaban J connectivity index is 2.89. The van der Waals surface area contributed by atoms with Crippen LogP contribution in [0.3, 0.4) is 0 Å². The van der Waals surface area contributed by atoms with Crippen LogP contribution in [-0.2, 0) is 21.1 Å². The van der Waals surface area contributed by atoms with E-state index in [1.807, 2.05) is 18.2 Å². The van der Waals surface area contributed by atoms with Crippen molar-refractivity contribution in [2.45, 2.75) is 64.9 Å². The molecule has 4 nitrogen and oxygen atoms in total. The summed E-state index contributed by atoms with van der Waals surface area (Å²) in [6.45, 7) is 9.14. The average Bonchev–Trinajstić information content (AvgIpc) is 2.71. The van der Waals surface area contributed by atoms with Crippen molar-refractivity contribution in [3.8, 4) is 5.75 Å². The molecule has 0 spiro atoms. The van der Waals surface area contributed by atoms with Gasteiger partial charge < -0.3 is 10.5 Å². The van der Waals surface area contributed by atoms with Crippen molar-refractivity contribution in [3.05, 3.63) is 29.3 Å². The Labute approximate surface area is 178 Å². The molecule has 0 aromatic heterocycles. The summed E-state index contributed by atoms with van der Waals surface area (Å²) in [6, 6.07) is 5.92. The van der Waals surface area contributed by atoms with Crippen LogP contribution in [0.15, 0.2) is 18.2 Å². The van der Waals surface area contributed by atoms with E-state index in [4.69, 9.17) is 10.5 Å². The quantitative estimate of drug-likeness (QED) is 0.455. The van der Waals surface area contributed by atoms with Gasteiger partial charge in [-0.25, -0.2) is 0 Å². The maximum absolute atomic E-state index is 12.4. The summed E-state index contributed by atoms with van der Waals surface area (Å²) in [4.78, 5) is 24.8. The Kier molecular flexibility index (Phi) is 12.6. The minimum absolute atomic E-state index is 0.107. The lowest BCUT2D eigenvalue weighted by molar-refractivity contribution is -0.115. The molecule has 0 fully saturated rings. The van der Waals surface area contributed by atoms with Crippen molar-refractivity contribution < 1.29 is 14.3 Å². The van der Waals surface area contributed by atoms with Gasteiger partial charge in [0.1, 0.15) is 12.4 Å². The Bertz CT molecular complexity index is 614. The Morgan fingerprint density at radius 1 is 0.893 bits per heavy atom. The third-order valence-electron chi connectivity index (χ3n) is 4.94. The second-order valence-corrected chi connectivity index (χ2v) is 8.77. The van der Waals surface area contributed by atoms with E-state index in [1.165, 1.54) is 23.5 Å². The summed E-state index contributed by atoms with van der Waals surface area (Å²) in [6.07, 6.45) is 3.49. The van der Waals surface area contributed by atoms with Gasteiger partial charge in [0.15, 0.2) is 10.2 Å². The topological polar surface area (TPSA) is 69.4 Å². The Morgan fingerprint density at radius 3 is 1.86 bits per heavy atom. The van der Waals surface area contributed by atoms with Crippen LogP contribution < -0.4 is 10.5 Å². The van der Waals surface area contributed by atoms with E-state index in [0.29, 0.717) is 24.7 Å². The zero-order valence-corrected chi connectivity index (χ0v) is 19.3. The van der Waals surface area contributed by atoms with E-state index < -0.39 is 0 Å². The molecule has 0 aliphatic rings. The molecule has 0 bridgehead atoms. The van der Waals surface area contributed by atoms with Gasteiger partial charge in [-0.05, 0) is 48.9 Å². The number of rotatable bonds is 13. The predicted octanol–water partition coefficient (Wildman–Crippen LogP) is 5.42. The van der Waals surface area contributed by atoms with E-state index >= 15 is 0 Å². The number of carbonyl (C=O) groups is 2. The third-order valence-corrected chi connectivity index (χ3v) is 7.09. The van der Waals surface area contributed by atoms with Gasteiger partial charge in [-0.1, -0.05) is 57.3 Å². The Hall–Kier alpha value is -0.980. The lowest BCUT2D eigenvalue weighted by Crippen LogP contribution is -2.11. The molecule has 0 aliphatic carbocycles. The zero-order valence-electron chi connectivity index (χ0n) is 17.7. The van der Waals surface area contributed by atoms with E-state index in [0.717, 1.165) is 42.6 Å². The van der Waals surface area contributed by atoms with Crippen molar-refractivity contribution in [3.63, 3.8) is 0 Å². The molecule has 0 saturated carbocycles. The van der Waals surface area contributed by atoms with Gasteiger partial charge in [-0.15, -0.1) is 0 Å². The molecule has 2 N–H and O–H groups in total. The average molecular weight is 426 g/mol. The van der Waals surface area contributed by atoms with Crippen LogP contribution in [0.2, 0.25) is 0 Å². The molecule has 0 heterocycles. The first kappa shape index (κ1) is 25.1. The number of benzene rings is 1. The van der Waals surface area contributed by atoms with Gasteiger partial charge in [-0.3, -0.25) is 9.59 Å². The highest BCUT2D eigenvalue weighted by Crippen LogP contribution is 2.29. The van der Waals surface area contributed by atoms with Gasteiger partial charge in [-0.2, -0.15) is 0 Å². The number of nitrogens with two attached hydrogens (primary N) is 1. The standard InChI is InChI=1S/C22H35NO3S2/c1-5-16(6-2)21(24)27-14-18-9-10-20(26-12-11-23)13-19(18)15-28-22(25)17(7-3)8-4/h9-10,13,16-17H,5-8,11-12,14-15,23H2,1-4H3.